The Morgan fingerprint density at radius 3 is 2.68 bits per heavy atom. The minimum Gasteiger partial charge on any atom is -0.493 e. The summed E-state index contributed by atoms with van der Waals surface area (Å²) in [6.07, 6.45) is 1.53. The van der Waals surface area contributed by atoms with Gasteiger partial charge in [0.15, 0.2) is 11.5 Å². The third-order valence-electron chi connectivity index (χ3n) is 3.52. The average molecular weight is 362 g/mol. The Hall–Kier alpha value is -2.73. The Bertz CT molecular complexity index is 778. The van der Waals surface area contributed by atoms with E-state index >= 15 is 0 Å². The van der Waals surface area contributed by atoms with E-state index in [4.69, 9.17) is 21.1 Å². The first-order valence-corrected chi connectivity index (χ1v) is 7.96. The zero-order chi connectivity index (χ0) is 18.2. The van der Waals surface area contributed by atoms with Crippen LogP contribution in [0.5, 0.6) is 11.5 Å². The first-order valence-electron chi connectivity index (χ1n) is 7.58. The second kappa shape index (κ2) is 8.94. The summed E-state index contributed by atoms with van der Waals surface area (Å²) in [5, 5.41) is 7.62. The molecule has 0 fully saturated rings. The van der Waals surface area contributed by atoms with Crippen molar-refractivity contribution < 1.29 is 14.3 Å². The largest absolute Gasteiger partial charge is 0.493 e. The number of benzene rings is 2. The highest BCUT2D eigenvalue weighted by atomic mass is 35.5. The number of methoxy groups -OCH3 is 2. The first-order chi connectivity index (χ1) is 12.0. The van der Waals surface area contributed by atoms with Crippen molar-refractivity contribution in [3.05, 3.63) is 52.5 Å². The van der Waals surface area contributed by atoms with Crippen molar-refractivity contribution in [1.29, 1.82) is 0 Å². The zero-order valence-corrected chi connectivity index (χ0v) is 15.1. The molecule has 0 aromatic heterocycles. The molecule has 0 heterocycles. The fourth-order valence-electron chi connectivity index (χ4n) is 2.13. The van der Waals surface area contributed by atoms with E-state index in [2.05, 4.69) is 15.8 Å². The Kier molecular flexibility index (Phi) is 6.65. The van der Waals surface area contributed by atoms with Gasteiger partial charge in [-0.25, -0.2) is 5.43 Å². The SMILES string of the molecule is COc1ccc(C=NNC(=O)CNc2cccc(Cl)c2C)cc1OC. The van der Waals surface area contributed by atoms with E-state index in [1.807, 2.05) is 25.1 Å². The van der Waals surface area contributed by atoms with Gasteiger partial charge in [0.1, 0.15) is 0 Å². The molecule has 0 unspecified atom stereocenters. The molecule has 1 amide bonds. The highest BCUT2D eigenvalue weighted by molar-refractivity contribution is 6.31. The summed E-state index contributed by atoms with van der Waals surface area (Å²) in [7, 11) is 3.13. The number of nitrogens with one attached hydrogen (secondary N) is 2. The number of nitrogens with zero attached hydrogens (tertiary/aromatic N) is 1. The lowest BCUT2D eigenvalue weighted by molar-refractivity contribution is -0.119. The van der Waals surface area contributed by atoms with Crippen molar-refractivity contribution in [2.24, 2.45) is 5.10 Å². The summed E-state index contributed by atoms with van der Waals surface area (Å²) in [5.41, 5.74) is 4.94. The standard InChI is InChI=1S/C18H20ClN3O3/c1-12-14(19)5-4-6-15(12)20-11-18(23)22-21-10-13-7-8-16(24-2)17(9-13)25-3/h4-10,20H,11H2,1-3H3,(H,22,23). The van der Waals surface area contributed by atoms with Crippen molar-refractivity contribution in [3.8, 4) is 11.5 Å². The van der Waals surface area contributed by atoms with Gasteiger partial charge >= 0.3 is 0 Å². The van der Waals surface area contributed by atoms with Gasteiger partial charge in [-0.1, -0.05) is 17.7 Å². The van der Waals surface area contributed by atoms with E-state index in [9.17, 15) is 4.79 Å². The predicted molar refractivity (Wildman–Crippen MR) is 100.0 cm³/mol. The third kappa shape index (κ3) is 5.12. The van der Waals surface area contributed by atoms with E-state index < -0.39 is 0 Å². The van der Waals surface area contributed by atoms with Crippen LogP contribution in [0.2, 0.25) is 5.02 Å². The second-order valence-corrected chi connectivity index (χ2v) is 5.58. The van der Waals surface area contributed by atoms with Crippen LogP contribution in [-0.4, -0.2) is 32.9 Å². The lowest BCUT2D eigenvalue weighted by atomic mass is 10.2. The summed E-state index contributed by atoms with van der Waals surface area (Å²) in [6, 6.07) is 10.8. The quantitative estimate of drug-likeness (QED) is 0.586. The Labute approximate surface area is 151 Å². The van der Waals surface area contributed by atoms with E-state index in [0.29, 0.717) is 16.5 Å². The Morgan fingerprint density at radius 1 is 1.20 bits per heavy atom. The number of rotatable bonds is 7. The monoisotopic (exact) mass is 361 g/mol. The molecule has 0 aliphatic carbocycles. The van der Waals surface area contributed by atoms with E-state index in [0.717, 1.165) is 16.8 Å². The molecular weight excluding hydrogens is 342 g/mol. The van der Waals surface area contributed by atoms with Crippen molar-refractivity contribution in [2.45, 2.75) is 6.92 Å². The number of amides is 1. The molecule has 0 bridgehead atoms. The van der Waals surface area contributed by atoms with E-state index in [1.54, 1.807) is 32.4 Å². The third-order valence-corrected chi connectivity index (χ3v) is 3.93. The molecule has 0 saturated heterocycles. The van der Waals surface area contributed by atoms with Gasteiger partial charge < -0.3 is 14.8 Å². The molecule has 0 atom stereocenters. The number of halogens is 1. The summed E-state index contributed by atoms with van der Waals surface area (Å²) in [5.74, 6) is 0.955. The molecule has 2 aromatic rings. The molecule has 0 spiro atoms. The van der Waals surface area contributed by atoms with Crippen LogP contribution in [0, 0.1) is 6.92 Å². The van der Waals surface area contributed by atoms with Gasteiger partial charge in [-0.05, 0) is 48.4 Å². The molecule has 7 heteroatoms. The Balaban J connectivity index is 1.89. The number of hydrogen-bond acceptors (Lipinski definition) is 5. The molecule has 0 radical (unpaired) electrons. The van der Waals surface area contributed by atoms with Gasteiger partial charge in [0.2, 0.25) is 0 Å². The van der Waals surface area contributed by atoms with Crippen LogP contribution in [0.3, 0.4) is 0 Å². The van der Waals surface area contributed by atoms with Crippen LogP contribution in [0.4, 0.5) is 5.69 Å². The number of carbonyl (C=O) groups is 1. The maximum atomic E-state index is 11.9. The van der Waals surface area contributed by atoms with Crippen molar-refractivity contribution in [1.82, 2.24) is 5.43 Å². The summed E-state index contributed by atoms with van der Waals surface area (Å²) in [6.45, 7) is 1.97. The fraction of sp³-hybridized carbons (Fsp3) is 0.222. The summed E-state index contributed by atoms with van der Waals surface area (Å²) in [4.78, 5) is 11.9. The van der Waals surface area contributed by atoms with Crippen LogP contribution in [0.1, 0.15) is 11.1 Å². The zero-order valence-electron chi connectivity index (χ0n) is 14.3. The molecule has 0 aliphatic rings. The number of hydrazone groups is 1. The Morgan fingerprint density at radius 2 is 1.96 bits per heavy atom. The second-order valence-electron chi connectivity index (χ2n) is 5.17. The lowest BCUT2D eigenvalue weighted by Crippen LogP contribution is -2.26. The van der Waals surface area contributed by atoms with E-state index in [1.165, 1.54) is 6.21 Å². The molecule has 2 aromatic carbocycles. The number of ether oxygens (including phenoxy) is 2. The van der Waals surface area contributed by atoms with Crippen molar-refractivity contribution in [2.75, 3.05) is 26.1 Å². The average Bonchev–Trinajstić information content (AvgIpc) is 2.62. The van der Waals surface area contributed by atoms with Gasteiger partial charge in [-0.3, -0.25) is 4.79 Å². The molecule has 0 aliphatic heterocycles. The first kappa shape index (κ1) is 18.6. The lowest BCUT2D eigenvalue weighted by Gasteiger charge is -2.09. The molecular formula is C18H20ClN3O3. The normalized spacial score (nSPS) is 10.6. The summed E-state index contributed by atoms with van der Waals surface area (Å²) >= 11 is 6.04. The van der Waals surface area contributed by atoms with Crippen LogP contribution >= 0.6 is 11.6 Å². The number of hydrogen-bond donors (Lipinski definition) is 2. The fourth-order valence-corrected chi connectivity index (χ4v) is 2.30. The highest BCUT2D eigenvalue weighted by Crippen LogP contribution is 2.26. The summed E-state index contributed by atoms with van der Waals surface area (Å²) < 4.78 is 10.4. The minimum absolute atomic E-state index is 0.0878. The topological polar surface area (TPSA) is 72.0 Å². The predicted octanol–water partition coefficient (Wildman–Crippen LogP) is 3.23. The van der Waals surface area contributed by atoms with Crippen LogP contribution in [0.15, 0.2) is 41.5 Å². The maximum absolute atomic E-state index is 11.9. The highest BCUT2D eigenvalue weighted by Gasteiger charge is 2.05. The molecule has 0 saturated carbocycles. The van der Waals surface area contributed by atoms with Gasteiger partial charge in [0.05, 0.1) is 27.0 Å². The van der Waals surface area contributed by atoms with Crippen LogP contribution in [-0.2, 0) is 4.79 Å². The molecule has 2 N–H and O–H groups in total. The van der Waals surface area contributed by atoms with E-state index in [-0.39, 0.29) is 12.5 Å². The van der Waals surface area contributed by atoms with Crippen molar-refractivity contribution in [3.63, 3.8) is 0 Å². The smallest absolute Gasteiger partial charge is 0.259 e. The van der Waals surface area contributed by atoms with Crippen molar-refractivity contribution >= 4 is 29.4 Å². The molecule has 25 heavy (non-hydrogen) atoms. The van der Waals surface area contributed by atoms with Crippen LogP contribution < -0.4 is 20.2 Å². The number of anilines is 1. The molecule has 2 rings (SSSR count). The van der Waals surface area contributed by atoms with Gasteiger partial charge in [-0.2, -0.15) is 5.10 Å². The van der Waals surface area contributed by atoms with Crippen LogP contribution in [0.25, 0.3) is 0 Å². The molecule has 6 nitrogen and oxygen atoms in total. The minimum atomic E-state index is -0.267. The van der Waals surface area contributed by atoms with Gasteiger partial charge in [0, 0.05) is 10.7 Å². The van der Waals surface area contributed by atoms with Gasteiger partial charge in [0.25, 0.3) is 5.91 Å². The maximum Gasteiger partial charge on any atom is 0.259 e. The van der Waals surface area contributed by atoms with Gasteiger partial charge in [-0.15, -0.1) is 0 Å². The number of carbonyl (C=O) groups excluding carboxylic acids is 1. The molecule has 132 valence electrons.